The average Bonchev–Trinajstić information content (AvgIpc) is 3.27. The molecule has 0 bridgehead atoms. The molecule has 0 saturated carbocycles. The lowest BCUT2D eigenvalue weighted by Crippen LogP contribution is -2.32. The third-order valence-corrected chi connectivity index (χ3v) is 5.73. The molecule has 2 aromatic carbocycles. The van der Waals surface area contributed by atoms with Gasteiger partial charge < -0.3 is 0 Å². The van der Waals surface area contributed by atoms with Gasteiger partial charge in [0, 0.05) is 5.41 Å². The zero-order chi connectivity index (χ0) is 20.9. The molecule has 1 aliphatic heterocycles. The first kappa shape index (κ1) is 18.5. The summed E-state index contributed by atoms with van der Waals surface area (Å²) in [6.07, 6.45) is 2.40. The van der Waals surface area contributed by atoms with E-state index in [1.807, 2.05) is 49.1 Å². The number of carbonyl (C=O) groups is 1. The average molecular weight is 400 g/mol. The second-order valence-corrected chi connectivity index (χ2v) is 8.30. The van der Waals surface area contributed by atoms with Crippen LogP contribution in [0.4, 0.5) is 10.2 Å². The van der Waals surface area contributed by atoms with Gasteiger partial charge in [-0.2, -0.15) is 5.10 Å². The number of fused-ring (bicyclic) bond motifs is 1. The van der Waals surface area contributed by atoms with Gasteiger partial charge in [0.25, 0.3) is 0 Å². The molecule has 0 N–H and O–H groups in total. The SMILES string of the molecule is CC1(C)C[C@@H](c2ccccc2)N(c2ccc3c(cnn3-c3ccc(F)cc3)n2)C1=O. The summed E-state index contributed by atoms with van der Waals surface area (Å²) in [5, 5.41) is 4.42. The number of benzene rings is 2. The number of nitrogens with zero attached hydrogens (tertiary/aromatic N) is 4. The minimum Gasteiger partial charge on any atom is -0.289 e. The first-order chi connectivity index (χ1) is 14.4. The minimum absolute atomic E-state index is 0.0640. The highest BCUT2D eigenvalue weighted by Gasteiger charge is 2.47. The van der Waals surface area contributed by atoms with E-state index in [1.54, 1.807) is 23.0 Å². The van der Waals surface area contributed by atoms with Gasteiger partial charge in [-0.1, -0.05) is 44.2 Å². The van der Waals surface area contributed by atoms with Gasteiger partial charge >= 0.3 is 0 Å². The fourth-order valence-corrected chi connectivity index (χ4v) is 4.16. The molecule has 0 aliphatic carbocycles. The molecule has 1 saturated heterocycles. The van der Waals surface area contributed by atoms with Crippen molar-refractivity contribution >= 4 is 22.8 Å². The summed E-state index contributed by atoms with van der Waals surface area (Å²) in [7, 11) is 0. The first-order valence-corrected chi connectivity index (χ1v) is 9.93. The third kappa shape index (κ3) is 2.96. The van der Waals surface area contributed by atoms with E-state index in [1.165, 1.54) is 12.1 Å². The van der Waals surface area contributed by atoms with E-state index >= 15 is 0 Å². The fraction of sp³-hybridized carbons (Fsp3) is 0.208. The van der Waals surface area contributed by atoms with Gasteiger partial charge in [-0.3, -0.25) is 9.69 Å². The Morgan fingerprint density at radius 2 is 1.73 bits per heavy atom. The number of hydrogen-bond acceptors (Lipinski definition) is 3. The Labute approximate surface area is 173 Å². The van der Waals surface area contributed by atoms with Crippen LogP contribution in [0.2, 0.25) is 0 Å². The molecule has 1 aliphatic rings. The first-order valence-electron chi connectivity index (χ1n) is 9.93. The number of pyridine rings is 1. The van der Waals surface area contributed by atoms with Crippen molar-refractivity contribution in [3.63, 3.8) is 0 Å². The van der Waals surface area contributed by atoms with E-state index < -0.39 is 5.41 Å². The smallest absolute Gasteiger partial charge is 0.234 e. The molecule has 6 heteroatoms. The molecule has 1 fully saturated rings. The van der Waals surface area contributed by atoms with Crippen LogP contribution in [0, 0.1) is 11.2 Å². The molecule has 150 valence electrons. The number of anilines is 1. The van der Waals surface area contributed by atoms with Crippen molar-refractivity contribution in [2.24, 2.45) is 5.41 Å². The zero-order valence-corrected chi connectivity index (χ0v) is 16.8. The molecule has 1 atom stereocenters. The van der Waals surface area contributed by atoms with E-state index in [-0.39, 0.29) is 17.8 Å². The summed E-state index contributed by atoms with van der Waals surface area (Å²) in [6, 6.07) is 19.9. The maximum Gasteiger partial charge on any atom is 0.234 e. The van der Waals surface area contributed by atoms with Crippen LogP contribution in [0.3, 0.4) is 0 Å². The highest BCUT2D eigenvalue weighted by molar-refractivity contribution is 6.00. The highest BCUT2D eigenvalue weighted by atomic mass is 19.1. The Balaban J connectivity index is 1.58. The number of aromatic nitrogens is 3. The van der Waals surface area contributed by atoms with Gasteiger partial charge in [-0.15, -0.1) is 0 Å². The number of rotatable bonds is 3. The van der Waals surface area contributed by atoms with Gasteiger partial charge in [-0.05, 0) is 48.4 Å². The maximum absolute atomic E-state index is 13.3. The highest BCUT2D eigenvalue weighted by Crippen LogP contribution is 2.45. The van der Waals surface area contributed by atoms with Crippen LogP contribution >= 0.6 is 0 Å². The van der Waals surface area contributed by atoms with Gasteiger partial charge in [0.1, 0.15) is 17.2 Å². The monoisotopic (exact) mass is 400 g/mol. The quantitative estimate of drug-likeness (QED) is 0.483. The second-order valence-electron chi connectivity index (χ2n) is 8.30. The van der Waals surface area contributed by atoms with Crippen molar-refractivity contribution in [2.75, 3.05) is 4.90 Å². The molecule has 4 aromatic rings. The van der Waals surface area contributed by atoms with Crippen LogP contribution in [-0.2, 0) is 4.79 Å². The molecular formula is C24H21FN4O. The minimum atomic E-state index is -0.463. The van der Waals surface area contributed by atoms with E-state index in [4.69, 9.17) is 4.98 Å². The van der Waals surface area contributed by atoms with Crippen molar-refractivity contribution in [2.45, 2.75) is 26.3 Å². The van der Waals surface area contributed by atoms with Crippen LogP contribution in [-0.4, -0.2) is 20.7 Å². The molecule has 1 amide bonds. The standard InChI is InChI=1S/C24H21FN4O/c1-24(2)14-21(16-6-4-3-5-7-16)28(23(24)30)22-13-12-20-19(27-22)15-26-29(20)18-10-8-17(25)9-11-18/h3-13,15,21H,14H2,1-2H3/t21-/m0/s1. The number of hydrogen-bond donors (Lipinski definition) is 0. The summed E-state index contributed by atoms with van der Waals surface area (Å²) in [5.41, 5.74) is 2.87. The fourth-order valence-electron chi connectivity index (χ4n) is 4.16. The Kier molecular flexibility index (Phi) is 4.17. The Morgan fingerprint density at radius 3 is 2.47 bits per heavy atom. The maximum atomic E-state index is 13.3. The van der Waals surface area contributed by atoms with Gasteiger partial charge in [0.05, 0.1) is 23.4 Å². The summed E-state index contributed by atoms with van der Waals surface area (Å²) in [5.74, 6) is 0.387. The predicted molar refractivity (Wildman–Crippen MR) is 114 cm³/mol. The van der Waals surface area contributed by atoms with Crippen molar-refractivity contribution in [1.29, 1.82) is 0 Å². The Hall–Kier alpha value is -3.54. The van der Waals surface area contributed by atoms with Gasteiger partial charge in [0.15, 0.2) is 0 Å². The molecule has 0 radical (unpaired) electrons. The molecule has 30 heavy (non-hydrogen) atoms. The summed E-state index contributed by atoms with van der Waals surface area (Å²) in [6.45, 7) is 3.97. The lowest BCUT2D eigenvalue weighted by atomic mass is 9.88. The summed E-state index contributed by atoms with van der Waals surface area (Å²) >= 11 is 0. The van der Waals surface area contributed by atoms with Gasteiger partial charge in [0.2, 0.25) is 5.91 Å². The predicted octanol–water partition coefficient (Wildman–Crippen LogP) is 5.06. The normalized spacial score (nSPS) is 18.3. The van der Waals surface area contributed by atoms with Crippen LogP contribution in [0.15, 0.2) is 72.9 Å². The molecule has 0 unspecified atom stereocenters. The van der Waals surface area contributed by atoms with E-state index in [0.29, 0.717) is 11.3 Å². The third-order valence-electron chi connectivity index (χ3n) is 5.73. The van der Waals surface area contributed by atoms with E-state index in [9.17, 15) is 9.18 Å². The van der Waals surface area contributed by atoms with Crippen molar-refractivity contribution in [1.82, 2.24) is 14.8 Å². The van der Waals surface area contributed by atoms with Crippen LogP contribution in [0.5, 0.6) is 0 Å². The summed E-state index contributed by atoms with van der Waals surface area (Å²) in [4.78, 5) is 19.8. The van der Waals surface area contributed by atoms with Crippen molar-refractivity contribution in [3.05, 3.63) is 84.3 Å². The number of amides is 1. The summed E-state index contributed by atoms with van der Waals surface area (Å²) < 4.78 is 15.0. The number of carbonyl (C=O) groups excluding carboxylic acids is 1. The topological polar surface area (TPSA) is 51.0 Å². The molecular weight excluding hydrogens is 379 g/mol. The van der Waals surface area contributed by atoms with Gasteiger partial charge in [-0.25, -0.2) is 14.1 Å². The lowest BCUT2D eigenvalue weighted by molar-refractivity contribution is -0.124. The van der Waals surface area contributed by atoms with Crippen molar-refractivity contribution < 1.29 is 9.18 Å². The van der Waals surface area contributed by atoms with Crippen LogP contribution < -0.4 is 4.90 Å². The molecule has 2 aromatic heterocycles. The van der Waals surface area contributed by atoms with E-state index in [2.05, 4.69) is 17.2 Å². The zero-order valence-electron chi connectivity index (χ0n) is 16.8. The largest absolute Gasteiger partial charge is 0.289 e. The van der Waals surface area contributed by atoms with E-state index in [0.717, 1.165) is 23.2 Å². The van der Waals surface area contributed by atoms with Crippen LogP contribution in [0.1, 0.15) is 31.9 Å². The number of halogens is 1. The Morgan fingerprint density at radius 1 is 1.00 bits per heavy atom. The molecule has 0 spiro atoms. The lowest BCUT2D eigenvalue weighted by Gasteiger charge is -2.24. The Bertz CT molecular complexity index is 1230. The molecule has 3 heterocycles. The molecule has 5 rings (SSSR count). The molecule has 5 nitrogen and oxygen atoms in total. The second kappa shape index (κ2) is 6.76. The van der Waals surface area contributed by atoms with Crippen molar-refractivity contribution in [3.8, 4) is 5.69 Å². The van der Waals surface area contributed by atoms with Crippen LogP contribution in [0.25, 0.3) is 16.7 Å².